The van der Waals surface area contributed by atoms with E-state index in [0.717, 1.165) is 6.08 Å². The predicted octanol–water partition coefficient (Wildman–Crippen LogP) is 0.589. The first kappa shape index (κ1) is 14.3. The molecule has 5 heteroatoms. The van der Waals surface area contributed by atoms with Crippen LogP contribution in [-0.4, -0.2) is 29.8 Å². The van der Waals surface area contributed by atoms with Gasteiger partial charge in [0.2, 0.25) is 5.91 Å². The molecule has 0 bridgehead atoms. The van der Waals surface area contributed by atoms with Crippen LogP contribution in [0.2, 0.25) is 0 Å². The van der Waals surface area contributed by atoms with Gasteiger partial charge in [0.1, 0.15) is 12.4 Å². The highest BCUT2D eigenvalue weighted by Crippen LogP contribution is 2.04. The van der Waals surface area contributed by atoms with E-state index in [1.807, 2.05) is 0 Å². The molecule has 1 amide bonds. The average Bonchev–Trinajstić information content (AvgIpc) is 2.11. The number of hydrogen-bond donors (Lipinski definition) is 1. The standard InChI is InChI=1S/C11H17NO4/c1-5-10(15)16-7-11(3,4)12-9(14)6-8(2)13/h5H,1,6-7H2,2-4H3,(H,12,14). The zero-order valence-electron chi connectivity index (χ0n) is 9.83. The van der Waals surface area contributed by atoms with Gasteiger partial charge in [0.05, 0.1) is 12.0 Å². The Morgan fingerprint density at radius 2 is 1.94 bits per heavy atom. The number of rotatable bonds is 6. The van der Waals surface area contributed by atoms with Crippen molar-refractivity contribution < 1.29 is 19.1 Å². The smallest absolute Gasteiger partial charge is 0.330 e. The van der Waals surface area contributed by atoms with Crippen molar-refractivity contribution in [1.29, 1.82) is 0 Å². The number of carbonyl (C=O) groups is 3. The number of nitrogens with one attached hydrogen (secondary N) is 1. The third-order valence-corrected chi connectivity index (χ3v) is 1.63. The Labute approximate surface area is 94.8 Å². The van der Waals surface area contributed by atoms with Crippen LogP contribution in [0, 0.1) is 0 Å². The third-order valence-electron chi connectivity index (χ3n) is 1.63. The van der Waals surface area contributed by atoms with Crippen LogP contribution < -0.4 is 5.32 Å². The van der Waals surface area contributed by atoms with Gasteiger partial charge < -0.3 is 10.1 Å². The summed E-state index contributed by atoms with van der Waals surface area (Å²) in [4.78, 5) is 32.8. The Bertz CT molecular complexity index is 307. The van der Waals surface area contributed by atoms with Crippen molar-refractivity contribution in [3.8, 4) is 0 Å². The van der Waals surface area contributed by atoms with Gasteiger partial charge in [0.25, 0.3) is 0 Å². The van der Waals surface area contributed by atoms with E-state index in [9.17, 15) is 14.4 Å². The summed E-state index contributed by atoms with van der Waals surface area (Å²) >= 11 is 0. The van der Waals surface area contributed by atoms with Gasteiger partial charge in [-0.25, -0.2) is 4.79 Å². The quantitative estimate of drug-likeness (QED) is 0.409. The van der Waals surface area contributed by atoms with Crippen molar-refractivity contribution >= 4 is 17.7 Å². The molecule has 0 aliphatic carbocycles. The molecule has 0 heterocycles. The normalized spacial score (nSPS) is 10.4. The number of hydrogen-bond acceptors (Lipinski definition) is 4. The molecule has 0 aromatic carbocycles. The van der Waals surface area contributed by atoms with E-state index < -0.39 is 11.5 Å². The Balaban J connectivity index is 4.12. The minimum atomic E-state index is -0.703. The van der Waals surface area contributed by atoms with Crippen LogP contribution in [0.15, 0.2) is 12.7 Å². The lowest BCUT2D eigenvalue weighted by Crippen LogP contribution is -2.47. The average molecular weight is 227 g/mol. The molecule has 16 heavy (non-hydrogen) atoms. The maximum absolute atomic E-state index is 11.3. The molecular weight excluding hydrogens is 210 g/mol. The second kappa shape index (κ2) is 6.05. The fourth-order valence-electron chi connectivity index (χ4n) is 0.994. The van der Waals surface area contributed by atoms with Crippen molar-refractivity contribution in [2.24, 2.45) is 0 Å². The number of Topliss-reactive ketones (excluding diaryl/α,β-unsaturated/α-hetero) is 1. The monoisotopic (exact) mass is 227 g/mol. The van der Waals surface area contributed by atoms with E-state index in [4.69, 9.17) is 4.74 Å². The molecule has 5 nitrogen and oxygen atoms in total. The highest BCUT2D eigenvalue weighted by Gasteiger charge is 2.22. The molecule has 0 atom stereocenters. The highest BCUT2D eigenvalue weighted by molar-refractivity contribution is 5.97. The number of amides is 1. The maximum atomic E-state index is 11.3. The van der Waals surface area contributed by atoms with Crippen LogP contribution >= 0.6 is 0 Å². The van der Waals surface area contributed by atoms with Crippen LogP contribution in [0.25, 0.3) is 0 Å². The minimum Gasteiger partial charge on any atom is -0.460 e. The molecule has 0 aliphatic rings. The summed E-state index contributed by atoms with van der Waals surface area (Å²) in [5, 5.41) is 2.60. The van der Waals surface area contributed by atoms with Gasteiger partial charge in [-0.1, -0.05) is 6.58 Å². The zero-order valence-corrected chi connectivity index (χ0v) is 9.83. The highest BCUT2D eigenvalue weighted by atomic mass is 16.5. The van der Waals surface area contributed by atoms with Gasteiger partial charge in [-0.2, -0.15) is 0 Å². The van der Waals surface area contributed by atoms with E-state index in [1.54, 1.807) is 13.8 Å². The van der Waals surface area contributed by atoms with Crippen molar-refractivity contribution in [1.82, 2.24) is 5.32 Å². The molecule has 1 N–H and O–H groups in total. The lowest BCUT2D eigenvalue weighted by atomic mass is 10.1. The van der Waals surface area contributed by atoms with Crippen molar-refractivity contribution in [2.45, 2.75) is 32.7 Å². The van der Waals surface area contributed by atoms with Crippen LogP contribution in [0.3, 0.4) is 0 Å². The number of carbonyl (C=O) groups excluding carboxylic acids is 3. The Kier molecular flexibility index (Phi) is 5.42. The molecule has 0 radical (unpaired) electrons. The van der Waals surface area contributed by atoms with Gasteiger partial charge >= 0.3 is 5.97 Å². The lowest BCUT2D eigenvalue weighted by molar-refractivity contribution is -0.141. The molecule has 0 spiro atoms. The van der Waals surface area contributed by atoms with Gasteiger partial charge in [0, 0.05) is 6.08 Å². The molecule has 0 aromatic heterocycles. The molecule has 0 saturated carbocycles. The van der Waals surface area contributed by atoms with Crippen molar-refractivity contribution in [3.05, 3.63) is 12.7 Å². The van der Waals surface area contributed by atoms with Crippen LogP contribution in [-0.2, 0) is 19.1 Å². The molecule has 90 valence electrons. The maximum Gasteiger partial charge on any atom is 0.330 e. The van der Waals surface area contributed by atoms with Crippen molar-refractivity contribution in [2.75, 3.05) is 6.61 Å². The third kappa shape index (κ3) is 6.75. The summed E-state index contributed by atoms with van der Waals surface area (Å²) in [6, 6.07) is 0. The molecule has 0 rings (SSSR count). The molecule has 0 aliphatic heterocycles. The first-order valence-corrected chi connectivity index (χ1v) is 4.86. The summed E-state index contributed by atoms with van der Waals surface area (Å²) in [6.45, 7) is 8.01. The molecule has 0 fully saturated rings. The first-order valence-electron chi connectivity index (χ1n) is 4.86. The van der Waals surface area contributed by atoms with Crippen LogP contribution in [0.5, 0.6) is 0 Å². The number of ether oxygens (including phenoxy) is 1. The summed E-state index contributed by atoms with van der Waals surface area (Å²) in [5.74, 6) is -1.14. The number of esters is 1. The largest absolute Gasteiger partial charge is 0.460 e. The fraction of sp³-hybridized carbons (Fsp3) is 0.545. The Hall–Kier alpha value is -1.65. The van der Waals surface area contributed by atoms with E-state index in [0.29, 0.717) is 0 Å². The summed E-state index contributed by atoms with van der Waals surface area (Å²) in [6.07, 6.45) is 0.881. The van der Waals surface area contributed by atoms with E-state index in [2.05, 4.69) is 11.9 Å². The summed E-state index contributed by atoms with van der Waals surface area (Å²) < 4.78 is 4.81. The van der Waals surface area contributed by atoms with Crippen LogP contribution in [0.4, 0.5) is 0 Å². The minimum absolute atomic E-state index is 0.0293. The summed E-state index contributed by atoms with van der Waals surface area (Å²) in [5.41, 5.74) is -0.703. The Morgan fingerprint density at radius 1 is 1.38 bits per heavy atom. The molecular formula is C11H17NO4. The Morgan fingerprint density at radius 3 is 2.38 bits per heavy atom. The number of ketones is 1. The molecule has 0 unspecified atom stereocenters. The second-order valence-corrected chi connectivity index (χ2v) is 4.12. The topological polar surface area (TPSA) is 72.5 Å². The van der Waals surface area contributed by atoms with Gasteiger partial charge in [-0.15, -0.1) is 0 Å². The zero-order chi connectivity index (χ0) is 12.8. The van der Waals surface area contributed by atoms with E-state index in [-0.39, 0.29) is 24.7 Å². The molecule has 0 aromatic rings. The van der Waals surface area contributed by atoms with Crippen LogP contribution in [0.1, 0.15) is 27.2 Å². The van der Waals surface area contributed by atoms with E-state index >= 15 is 0 Å². The van der Waals surface area contributed by atoms with Gasteiger partial charge in [-0.05, 0) is 20.8 Å². The first-order chi connectivity index (χ1) is 7.26. The van der Waals surface area contributed by atoms with E-state index in [1.165, 1.54) is 6.92 Å². The summed E-state index contributed by atoms with van der Waals surface area (Å²) in [7, 11) is 0. The van der Waals surface area contributed by atoms with Gasteiger partial charge in [-0.3, -0.25) is 9.59 Å². The fourth-order valence-corrected chi connectivity index (χ4v) is 0.994. The predicted molar refractivity (Wildman–Crippen MR) is 58.7 cm³/mol. The second-order valence-electron chi connectivity index (χ2n) is 4.12. The SMILES string of the molecule is C=CC(=O)OCC(C)(C)NC(=O)CC(C)=O. The van der Waals surface area contributed by atoms with Gasteiger partial charge in [0.15, 0.2) is 0 Å². The molecule has 0 saturated heterocycles. The van der Waals surface area contributed by atoms with Crippen molar-refractivity contribution in [3.63, 3.8) is 0 Å². The lowest BCUT2D eigenvalue weighted by Gasteiger charge is -2.25.